The monoisotopic (exact) mass is 543 g/mol. The number of hydrogen-bond acceptors (Lipinski definition) is 11. The van der Waals surface area contributed by atoms with Gasteiger partial charge < -0.3 is 24.6 Å². The lowest BCUT2D eigenvalue weighted by molar-refractivity contribution is -0.384. The van der Waals surface area contributed by atoms with Crippen molar-refractivity contribution >= 4 is 41.2 Å². The van der Waals surface area contributed by atoms with Gasteiger partial charge in [0.2, 0.25) is 5.91 Å². The van der Waals surface area contributed by atoms with Gasteiger partial charge in [-0.1, -0.05) is 11.8 Å². The fourth-order valence-corrected chi connectivity index (χ4v) is 4.70. The normalized spacial score (nSPS) is 16.7. The maximum absolute atomic E-state index is 12.4. The maximum Gasteiger partial charge on any atom is 0.361 e. The molecule has 0 aromatic heterocycles. The molecule has 0 unspecified atom stereocenters. The third kappa shape index (κ3) is 6.10. The number of amides is 2. The Morgan fingerprint density at radius 2 is 1.87 bits per heavy atom. The van der Waals surface area contributed by atoms with Crippen molar-refractivity contribution in [2.45, 2.75) is 31.6 Å². The molecule has 2 atom stereocenters. The number of nitro benzene ring substituents is 1. The minimum atomic E-state index is -1.37. The van der Waals surface area contributed by atoms with Crippen LogP contribution in [0.1, 0.15) is 29.3 Å². The number of non-ortho nitro benzene ring substituents is 1. The fourth-order valence-electron chi connectivity index (χ4n) is 3.46. The quantitative estimate of drug-likeness (QED) is 0.147. The summed E-state index contributed by atoms with van der Waals surface area (Å²) < 4.78 is 15.6. The third-order valence-corrected chi connectivity index (χ3v) is 6.46. The molecule has 14 heteroatoms. The Bertz CT molecular complexity index is 1310. The number of hydrogen-bond donors (Lipinski definition) is 2. The van der Waals surface area contributed by atoms with Gasteiger partial charge in [-0.15, -0.1) is 0 Å². The number of esters is 2. The number of rotatable bonds is 10. The van der Waals surface area contributed by atoms with Crippen molar-refractivity contribution in [1.29, 1.82) is 0 Å². The summed E-state index contributed by atoms with van der Waals surface area (Å²) in [7, 11) is 0. The molecule has 1 saturated heterocycles. The molecule has 0 bridgehead atoms. The summed E-state index contributed by atoms with van der Waals surface area (Å²) in [4.78, 5) is 60.1. The van der Waals surface area contributed by atoms with E-state index in [4.69, 9.17) is 14.2 Å². The smallest absolute Gasteiger partial charge is 0.361 e. The highest BCUT2D eigenvalue weighted by Gasteiger charge is 2.50. The molecule has 38 heavy (non-hydrogen) atoms. The van der Waals surface area contributed by atoms with E-state index in [1.165, 1.54) is 72.1 Å². The van der Waals surface area contributed by atoms with Crippen LogP contribution in [0.4, 0.5) is 5.69 Å². The highest BCUT2D eigenvalue weighted by atomic mass is 32.2. The molecule has 2 aromatic rings. The second-order valence-corrected chi connectivity index (χ2v) is 9.23. The predicted octanol–water partition coefficient (Wildman–Crippen LogP) is 1.80. The van der Waals surface area contributed by atoms with Crippen molar-refractivity contribution in [1.82, 2.24) is 10.2 Å². The number of nitro groups is 1. The Labute approximate surface area is 219 Å². The number of nitrogens with zero attached hydrogens (tertiary/aromatic N) is 2. The third-order valence-electron chi connectivity index (χ3n) is 5.32. The van der Waals surface area contributed by atoms with Crippen LogP contribution in [0.5, 0.6) is 5.75 Å². The lowest BCUT2D eigenvalue weighted by Gasteiger charge is -2.33. The van der Waals surface area contributed by atoms with Gasteiger partial charge >= 0.3 is 11.9 Å². The summed E-state index contributed by atoms with van der Waals surface area (Å²) in [5, 5.41) is 22.3. The van der Waals surface area contributed by atoms with Gasteiger partial charge in [0.05, 0.1) is 16.7 Å². The zero-order chi connectivity index (χ0) is 27.4. The molecule has 0 radical (unpaired) electrons. The van der Waals surface area contributed by atoms with E-state index in [1.54, 1.807) is 0 Å². The first kappa shape index (κ1) is 26.6. The first-order valence-corrected chi connectivity index (χ1v) is 12.1. The number of carbonyl (C=O) groups is 4. The number of carbonyl (C=O) groups excluding carboxylic acids is 4. The number of aliphatic hydroxyl groups excluding tert-OH is 1. The molecule has 2 aliphatic heterocycles. The number of fused-ring (bicyclic) bond motifs is 1. The minimum Gasteiger partial charge on any atom is -0.460 e. The van der Waals surface area contributed by atoms with E-state index in [9.17, 15) is 34.4 Å². The van der Waals surface area contributed by atoms with E-state index in [1.807, 2.05) is 0 Å². The van der Waals surface area contributed by atoms with Gasteiger partial charge in [-0.25, -0.2) is 4.79 Å². The molecule has 2 aliphatic rings. The van der Waals surface area contributed by atoms with Crippen molar-refractivity contribution in [2.24, 2.45) is 0 Å². The van der Waals surface area contributed by atoms with Gasteiger partial charge in [-0.3, -0.25) is 29.4 Å². The zero-order valence-electron chi connectivity index (χ0n) is 19.8. The summed E-state index contributed by atoms with van der Waals surface area (Å²) in [6.07, 6.45) is -1.13. The van der Waals surface area contributed by atoms with Gasteiger partial charge in [0, 0.05) is 17.7 Å². The van der Waals surface area contributed by atoms with Crippen LogP contribution in [0.2, 0.25) is 0 Å². The van der Waals surface area contributed by atoms with E-state index in [0.29, 0.717) is 5.56 Å². The number of benzene rings is 2. The first-order chi connectivity index (χ1) is 18.1. The maximum atomic E-state index is 12.4. The molecule has 4 rings (SSSR count). The van der Waals surface area contributed by atoms with Crippen LogP contribution >= 0.6 is 11.8 Å². The lowest BCUT2D eigenvalue weighted by Crippen LogP contribution is -2.48. The van der Waals surface area contributed by atoms with Crippen LogP contribution in [0, 0.1) is 10.1 Å². The van der Waals surface area contributed by atoms with E-state index >= 15 is 0 Å². The topological polar surface area (TPSA) is 175 Å². The van der Waals surface area contributed by atoms with E-state index < -0.39 is 35.6 Å². The van der Waals surface area contributed by atoms with E-state index in [0.717, 1.165) is 0 Å². The van der Waals surface area contributed by atoms with Crippen molar-refractivity contribution in [3.05, 3.63) is 80.6 Å². The summed E-state index contributed by atoms with van der Waals surface area (Å²) in [6, 6.07) is 11.4. The van der Waals surface area contributed by atoms with Crippen LogP contribution in [0.15, 0.2) is 59.3 Å². The highest BCUT2D eigenvalue weighted by Crippen LogP contribution is 2.47. The van der Waals surface area contributed by atoms with Crippen molar-refractivity contribution in [2.75, 3.05) is 6.54 Å². The molecule has 198 valence electrons. The number of nitrogens with one attached hydrogen (secondary N) is 1. The first-order valence-electron chi connectivity index (χ1n) is 11.2. The molecule has 1 fully saturated rings. The Morgan fingerprint density at radius 1 is 1.18 bits per heavy atom. The molecular formula is C24H21N3O10S. The molecule has 0 aliphatic carbocycles. The molecule has 0 spiro atoms. The van der Waals surface area contributed by atoms with Gasteiger partial charge in [0.1, 0.15) is 18.9 Å². The van der Waals surface area contributed by atoms with E-state index in [-0.39, 0.29) is 52.1 Å². The van der Waals surface area contributed by atoms with Crippen LogP contribution < -0.4 is 10.1 Å². The van der Waals surface area contributed by atoms with Crippen molar-refractivity contribution in [3.8, 4) is 5.75 Å². The molecule has 2 aromatic carbocycles. The molecule has 2 N–H and O–H groups in total. The standard InChI is InChI=1S/C24H21N3O10S/c1-13(28)36-23(32)21-24(38-19-10-18(29)26(19)21)37-17-8-4-15(5-9-17)22(31)25-11-20(30)35-12-14-2-6-16(7-3-14)27(33)34/h2-9,13,19,28H,10-12H2,1H3,(H,25,31)/t13-,19-/m1/s1. The minimum absolute atomic E-state index is 0.0817. The van der Waals surface area contributed by atoms with Gasteiger partial charge in [0.15, 0.2) is 17.1 Å². The number of β-lactam (4-membered cyclic amide) rings is 1. The number of ether oxygens (including phenoxy) is 3. The Hall–Kier alpha value is -4.43. The Morgan fingerprint density at radius 3 is 2.47 bits per heavy atom. The molecule has 13 nitrogen and oxygen atoms in total. The molecular weight excluding hydrogens is 522 g/mol. The van der Waals surface area contributed by atoms with Gasteiger partial charge in [-0.2, -0.15) is 0 Å². The van der Waals surface area contributed by atoms with Crippen molar-refractivity contribution < 1.29 is 43.4 Å². The number of thioether (sulfide) groups is 1. The Balaban J connectivity index is 1.30. The van der Waals surface area contributed by atoms with Crippen molar-refractivity contribution in [3.63, 3.8) is 0 Å². The fraction of sp³-hybridized carbons (Fsp3) is 0.250. The SMILES string of the molecule is C[C@H](O)OC(=O)C1=C(Oc2ccc(C(=O)NCC(=O)OCc3ccc([N+](=O)[O-])cc3)cc2)S[C@@H]2CC(=O)N12. The number of aliphatic hydroxyl groups is 1. The summed E-state index contributed by atoms with van der Waals surface area (Å²) in [5.74, 6) is -2.12. The second kappa shape index (κ2) is 11.3. The summed E-state index contributed by atoms with van der Waals surface area (Å²) in [6.45, 7) is 0.760. The average molecular weight is 544 g/mol. The highest BCUT2D eigenvalue weighted by molar-refractivity contribution is 8.03. The largest absolute Gasteiger partial charge is 0.460 e. The van der Waals surface area contributed by atoms with Crippen LogP contribution in [0.3, 0.4) is 0 Å². The van der Waals surface area contributed by atoms with Gasteiger partial charge in [-0.05, 0) is 48.9 Å². The molecule has 2 heterocycles. The molecule has 0 saturated carbocycles. The van der Waals surface area contributed by atoms with Crippen LogP contribution in [-0.4, -0.2) is 56.9 Å². The van der Waals surface area contributed by atoms with Gasteiger partial charge in [0.25, 0.3) is 11.6 Å². The van der Waals surface area contributed by atoms with Crippen LogP contribution in [0.25, 0.3) is 0 Å². The zero-order valence-corrected chi connectivity index (χ0v) is 20.6. The Kier molecular flexibility index (Phi) is 7.93. The summed E-state index contributed by atoms with van der Waals surface area (Å²) >= 11 is 1.17. The molecule has 2 amide bonds. The van der Waals surface area contributed by atoms with E-state index in [2.05, 4.69) is 5.32 Å². The second-order valence-electron chi connectivity index (χ2n) is 8.07. The van der Waals surface area contributed by atoms with Crippen LogP contribution in [-0.2, 0) is 30.5 Å². The lowest BCUT2D eigenvalue weighted by atomic mass is 10.2. The average Bonchev–Trinajstić information content (AvgIpc) is 3.18. The summed E-state index contributed by atoms with van der Waals surface area (Å²) in [5.41, 5.74) is 0.604. The predicted molar refractivity (Wildman–Crippen MR) is 130 cm³/mol.